The summed E-state index contributed by atoms with van der Waals surface area (Å²) in [6.45, 7) is 4.88. The van der Waals surface area contributed by atoms with Gasteiger partial charge in [-0.05, 0) is 36.8 Å². The van der Waals surface area contributed by atoms with Crippen molar-refractivity contribution in [3.8, 4) is 11.1 Å². The molecule has 1 fully saturated rings. The zero-order valence-corrected chi connectivity index (χ0v) is 17.9. The summed E-state index contributed by atoms with van der Waals surface area (Å²) < 4.78 is 10.5. The van der Waals surface area contributed by atoms with Crippen molar-refractivity contribution in [2.45, 2.75) is 6.92 Å². The normalized spacial score (nSPS) is 13.8. The maximum atomic E-state index is 11.6. The zero-order chi connectivity index (χ0) is 22.2. The SMILES string of the molecule is CCOC(=O)/C=C/c1cncc(-c2cnc(Nc3ccccc3)nc2N2CCOCC2)c1. The van der Waals surface area contributed by atoms with Gasteiger partial charge in [0.2, 0.25) is 5.95 Å². The van der Waals surface area contributed by atoms with Crippen molar-refractivity contribution in [2.24, 2.45) is 0 Å². The van der Waals surface area contributed by atoms with Crippen molar-refractivity contribution < 1.29 is 14.3 Å². The number of morpholine rings is 1. The van der Waals surface area contributed by atoms with Gasteiger partial charge in [-0.2, -0.15) is 4.98 Å². The van der Waals surface area contributed by atoms with Crippen molar-refractivity contribution in [1.82, 2.24) is 15.0 Å². The summed E-state index contributed by atoms with van der Waals surface area (Å²) in [7, 11) is 0. The molecule has 164 valence electrons. The standard InChI is InChI=1S/C24H25N5O3/c1-2-32-22(30)9-8-18-14-19(16-25-15-18)21-17-26-24(27-20-6-4-3-5-7-20)28-23(21)29-10-12-31-13-11-29/h3-9,14-17H,2,10-13H2,1H3,(H,26,27,28)/b9-8+. The van der Waals surface area contributed by atoms with Crippen LogP contribution < -0.4 is 10.2 Å². The topological polar surface area (TPSA) is 89.5 Å². The molecule has 8 heteroatoms. The first-order chi connectivity index (χ1) is 15.7. The molecule has 8 nitrogen and oxygen atoms in total. The molecule has 4 rings (SSSR count). The number of pyridine rings is 1. The Morgan fingerprint density at radius 2 is 2.00 bits per heavy atom. The molecule has 0 unspecified atom stereocenters. The van der Waals surface area contributed by atoms with Crippen LogP contribution in [0.2, 0.25) is 0 Å². The van der Waals surface area contributed by atoms with E-state index in [4.69, 9.17) is 14.5 Å². The number of carbonyl (C=O) groups excluding carboxylic acids is 1. The number of ether oxygens (including phenoxy) is 2. The maximum absolute atomic E-state index is 11.6. The van der Waals surface area contributed by atoms with Gasteiger partial charge < -0.3 is 19.7 Å². The van der Waals surface area contributed by atoms with E-state index in [9.17, 15) is 4.79 Å². The molecule has 1 aliphatic rings. The number of anilines is 3. The fourth-order valence-corrected chi connectivity index (χ4v) is 3.35. The van der Waals surface area contributed by atoms with Gasteiger partial charge in [-0.15, -0.1) is 0 Å². The van der Waals surface area contributed by atoms with Gasteiger partial charge in [-0.25, -0.2) is 9.78 Å². The molecule has 1 N–H and O–H groups in total. The Balaban J connectivity index is 1.66. The lowest BCUT2D eigenvalue weighted by atomic mass is 10.1. The summed E-state index contributed by atoms with van der Waals surface area (Å²) in [6.07, 6.45) is 8.36. The quantitative estimate of drug-likeness (QED) is 0.447. The highest BCUT2D eigenvalue weighted by Gasteiger charge is 2.19. The average Bonchev–Trinajstić information content (AvgIpc) is 2.84. The van der Waals surface area contributed by atoms with E-state index in [1.165, 1.54) is 6.08 Å². The highest BCUT2D eigenvalue weighted by molar-refractivity contribution is 5.87. The molecule has 32 heavy (non-hydrogen) atoms. The minimum Gasteiger partial charge on any atom is -0.463 e. The summed E-state index contributed by atoms with van der Waals surface area (Å²) in [5, 5.41) is 3.26. The number of nitrogens with one attached hydrogen (secondary N) is 1. The first kappa shape index (κ1) is 21.5. The minimum atomic E-state index is -0.383. The van der Waals surface area contributed by atoms with Crippen LogP contribution in [0.4, 0.5) is 17.5 Å². The number of carbonyl (C=O) groups is 1. The molecule has 1 aliphatic heterocycles. The lowest BCUT2D eigenvalue weighted by Crippen LogP contribution is -2.37. The summed E-state index contributed by atoms with van der Waals surface area (Å²) in [4.78, 5) is 27.5. The second kappa shape index (κ2) is 10.5. The molecule has 3 heterocycles. The van der Waals surface area contributed by atoms with Crippen LogP contribution >= 0.6 is 0 Å². The lowest BCUT2D eigenvalue weighted by Gasteiger charge is -2.29. The monoisotopic (exact) mass is 431 g/mol. The number of para-hydroxylation sites is 1. The van der Waals surface area contributed by atoms with Gasteiger partial charge in [0.15, 0.2) is 0 Å². The Kier molecular flexibility index (Phi) is 7.04. The number of nitrogens with zero attached hydrogens (tertiary/aromatic N) is 4. The molecular weight excluding hydrogens is 406 g/mol. The summed E-state index contributed by atoms with van der Waals surface area (Å²) >= 11 is 0. The van der Waals surface area contributed by atoms with E-state index in [1.807, 2.05) is 36.4 Å². The fourth-order valence-electron chi connectivity index (χ4n) is 3.35. The van der Waals surface area contributed by atoms with Crippen molar-refractivity contribution >= 4 is 29.5 Å². The van der Waals surface area contributed by atoms with Crippen LogP contribution in [0.1, 0.15) is 12.5 Å². The van der Waals surface area contributed by atoms with Crippen LogP contribution in [0.25, 0.3) is 17.2 Å². The molecular formula is C24H25N5O3. The predicted octanol–water partition coefficient (Wildman–Crippen LogP) is 3.70. The Morgan fingerprint density at radius 1 is 1.19 bits per heavy atom. The highest BCUT2D eigenvalue weighted by atomic mass is 16.5. The lowest BCUT2D eigenvalue weighted by molar-refractivity contribution is -0.137. The first-order valence-electron chi connectivity index (χ1n) is 10.5. The van der Waals surface area contributed by atoms with Gasteiger partial charge in [0.25, 0.3) is 0 Å². The second-order valence-electron chi connectivity index (χ2n) is 7.11. The summed E-state index contributed by atoms with van der Waals surface area (Å²) in [6, 6.07) is 11.8. The number of hydrogen-bond acceptors (Lipinski definition) is 8. The molecule has 2 aromatic heterocycles. The van der Waals surface area contributed by atoms with E-state index >= 15 is 0 Å². The van der Waals surface area contributed by atoms with Crippen LogP contribution in [-0.4, -0.2) is 53.8 Å². The van der Waals surface area contributed by atoms with Crippen molar-refractivity contribution in [3.05, 3.63) is 66.6 Å². The van der Waals surface area contributed by atoms with E-state index < -0.39 is 0 Å². The van der Waals surface area contributed by atoms with Gasteiger partial charge >= 0.3 is 5.97 Å². The zero-order valence-electron chi connectivity index (χ0n) is 17.9. The van der Waals surface area contributed by atoms with Gasteiger partial charge in [-0.1, -0.05) is 18.2 Å². The van der Waals surface area contributed by atoms with E-state index in [1.54, 1.807) is 31.6 Å². The van der Waals surface area contributed by atoms with Crippen LogP contribution in [0.15, 0.2) is 61.1 Å². The number of esters is 1. The van der Waals surface area contributed by atoms with Crippen LogP contribution in [-0.2, 0) is 14.3 Å². The van der Waals surface area contributed by atoms with E-state index in [0.717, 1.165) is 41.3 Å². The third-order valence-corrected chi connectivity index (χ3v) is 4.88. The first-order valence-corrected chi connectivity index (χ1v) is 10.5. The molecule has 1 aromatic carbocycles. The molecule has 3 aromatic rings. The van der Waals surface area contributed by atoms with Crippen LogP contribution in [0.3, 0.4) is 0 Å². The molecule has 0 saturated carbocycles. The molecule has 0 atom stereocenters. The molecule has 0 bridgehead atoms. The largest absolute Gasteiger partial charge is 0.463 e. The minimum absolute atomic E-state index is 0.338. The maximum Gasteiger partial charge on any atom is 0.330 e. The number of hydrogen-bond donors (Lipinski definition) is 1. The number of rotatable bonds is 7. The number of aromatic nitrogens is 3. The Bertz CT molecular complexity index is 1080. The third-order valence-electron chi connectivity index (χ3n) is 4.88. The van der Waals surface area contributed by atoms with E-state index in [2.05, 4.69) is 20.2 Å². The molecule has 0 radical (unpaired) electrons. The van der Waals surface area contributed by atoms with Gasteiger partial charge in [0, 0.05) is 54.6 Å². The molecule has 1 saturated heterocycles. The van der Waals surface area contributed by atoms with Gasteiger partial charge in [-0.3, -0.25) is 4.98 Å². The predicted molar refractivity (Wildman–Crippen MR) is 124 cm³/mol. The third kappa shape index (κ3) is 5.47. The summed E-state index contributed by atoms with van der Waals surface area (Å²) in [5.74, 6) is 0.953. The van der Waals surface area contributed by atoms with Gasteiger partial charge in [0.05, 0.1) is 19.8 Å². The van der Waals surface area contributed by atoms with Crippen LogP contribution in [0.5, 0.6) is 0 Å². The summed E-state index contributed by atoms with van der Waals surface area (Å²) in [5.41, 5.74) is 3.43. The van der Waals surface area contributed by atoms with Crippen molar-refractivity contribution in [2.75, 3.05) is 43.1 Å². The Morgan fingerprint density at radius 3 is 2.78 bits per heavy atom. The smallest absolute Gasteiger partial charge is 0.330 e. The van der Waals surface area contributed by atoms with Crippen molar-refractivity contribution in [3.63, 3.8) is 0 Å². The average molecular weight is 431 g/mol. The second-order valence-corrected chi connectivity index (χ2v) is 7.11. The Labute approximate surface area is 186 Å². The number of benzene rings is 1. The van der Waals surface area contributed by atoms with E-state index in [0.29, 0.717) is 25.8 Å². The van der Waals surface area contributed by atoms with Crippen molar-refractivity contribution in [1.29, 1.82) is 0 Å². The van der Waals surface area contributed by atoms with Crippen LogP contribution in [0, 0.1) is 0 Å². The molecule has 0 spiro atoms. The van der Waals surface area contributed by atoms with Gasteiger partial charge in [0.1, 0.15) is 5.82 Å². The Hall–Kier alpha value is -3.78. The highest BCUT2D eigenvalue weighted by Crippen LogP contribution is 2.31. The van der Waals surface area contributed by atoms with E-state index in [-0.39, 0.29) is 5.97 Å². The molecule has 0 amide bonds. The molecule has 0 aliphatic carbocycles. The fraction of sp³-hybridized carbons (Fsp3) is 0.250.